The van der Waals surface area contributed by atoms with Crippen molar-refractivity contribution in [2.45, 2.75) is 26.3 Å². The first-order chi connectivity index (χ1) is 13.8. The maximum absolute atomic E-state index is 5.23. The molecule has 3 aromatic rings. The molecule has 3 rings (SSSR count). The first kappa shape index (κ1) is 19.7. The van der Waals surface area contributed by atoms with E-state index in [1.54, 1.807) is 18.6 Å². The van der Waals surface area contributed by atoms with Gasteiger partial charge in [0.15, 0.2) is 5.11 Å². The highest BCUT2D eigenvalue weighted by Gasteiger charge is 2.10. The zero-order chi connectivity index (χ0) is 19.6. The van der Waals surface area contributed by atoms with Crippen molar-refractivity contribution >= 4 is 23.5 Å². The van der Waals surface area contributed by atoms with Crippen LogP contribution in [-0.2, 0) is 6.54 Å². The monoisotopic (exact) mass is 392 g/mol. The number of nitrogens with one attached hydrogen (secondary N) is 2. The van der Waals surface area contributed by atoms with Crippen LogP contribution in [-0.4, -0.2) is 32.6 Å². The van der Waals surface area contributed by atoms with Gasteiger partial charge in [-0.05, 0) is 36.3 Å². The van der Waals surface area contributed by atoms with Crippen molar-refractivity contribution in [2.24, 2.45) is 5.10 Å². The maximum atomic E-state index is 5.23. The SMILES string of the molecule is CCCCNC(=S)N/N=C\c1cn(Cc2ccccc2)nc1-c1cccnc1. The van der Waals surface area contributed by atoms with Gasteiger partial charge in [0.1, 0.15) is 5.69 Å². The molecule has 2 N–H and O–H groups in total. The summed E-state index contributed by atoms with van der Waals surface area (Å²) < 4.78 is 1.91. The summed E-state index contributed by atoms with van der Waals surface area (Å²) in [4.78, 5) is 4.21. The van der Waals surface area contributed by atoms with Gasteiger partial charge in [-0.2, -0.15) is 10.2 Å². The Morgan fingerprint density at radius 3 is 2.82 bits per heavy atom. The topological polar surface area (TPSA) is 67.1 Å². The minimum absolute atomic E-state index is 0.518. The summed E-state index contributed by atoms with van der Waals surface area (Å²) in [5.74, 6) is 0. The molecule has 1 aromatic carbocycles. The lowest BCUT2D eigenvalue weighted by molar-refractivity contribution is 0.689. The van der Waals surface area contributed by atoms with Crippen LogP contribution in [0.25, 0.3) is 11.3 Å². The largest absolute Gasteiger partial charge is 0.361 e. The van der Waals surface area contributed by atoms with E-state index in [1.165, 1.54) is 5.56 Å². The highest BCUT2D eigenvalue weighted by molar-refractivity contribution is 7.80. The molecule has 2 heterocycles. The van der Waals surface area contributed by atoms with Crippen molar-refractivity contribution < 1.29 is 0 Å². The molecule has 0 aliphatic heterocycles. The Morgan fingerprint density at radius 2 is 2.07 bits per heavy atom. The molecule has 0 bridgehead atoms. The molecule has 0 amide bonds. The number of hydrogen-bond donors (Lipinski definition) is 2. The standard InChI is InChI=1S/C21H24N6S/c1-2-3-12-23-21(28)25-24-14-19-16-27(15-17-8-5-4-6-9-17)26-20(19)18-10-7-11-22-13-18/h4-11,13-14,16H,2-3,12,15H2,1H3,(H2,23,25,28)/b24-14-. The summed E-state index contributed by atoms with van der Waals surface area (Å²) in [6.07, 6.45) is 9.46. The normalized spacial score (nSPS) is 10.9. The zero-order valence-electron chi connectivity index (χ0n) is 15.9. The highest BCUT2D eigenvalue weighted by Crippen LogP contribution is 2.20. The van der Waals surface area contributed by atoms with E-state index in [1.807, 2.05) is 41.2 Å². The van der Waals surface area contributed by atoms with Gasteiger partial charge in [0.2, 0.25) is 0 Å². The summed E-state index contributed by atoms with van der Waals surface area (Å²) in [7, 11) is 0. The molecule has 144 valence electrons. The van der Waals surface area contributed by atoms with Crippen LogP contribution in [0.1, 0.15) is 30.9 Å². The maximum Gasteiger partial charge on any atom is 0.186 e. The third kappa shape index (κ3) is 5.72. The Kier molecular flexibility index (Phi) is 7.26. The second kappa shape index (κ2) is 10.3. The summed E-state index contributed by atoms with van der Waals surface area (Å²) in [6, 6.07) is 14.1. The number of rotatable bonds is 8. The number of hydrogen-bond acceptors (Lipinski definition) is 4. The van der Waals surface area contributed by atoms with E-state index in [0.717, 1.165) is 36.2 Å². The van der Waals surface area contributed by atoms with E-state index >= 15 is 0 Å². The molecule has 0 aliphatic carbocycles. The van der Waals surface area contributed by atoms with Crippen LogP contribution in [0.2, 0.25) is 0 Å². The first-order valence-corrected chi connectivity index (χ1v) is 9.75. The van der Waals surface area contributed by atoms with Gasteiger partial charge < -0.3 is 5.32 Å². The van der Waals surface area contributed by atoms with E-state index in [4.69, 9.17) is 17.3 Å². The van der Waals surface area contributed by atoms with Crippen LogP contribution in [0, 0.1) is 0 Å². The van der Waals surface area contributed by atoms with Crippen molar-refractivity contribution in [2.75, 3.05) is 6.54 Å². The van der Waals surface area contributed by atoms with Crippen LogP contribution in [0.5, 0.6) is 0 Å². The molecule has 0 fully saturated rings. The zero-order valence-corrected chi connectivity index (χ0v) is 16.7. The van der Waals surface area contributed by atoms with E-state index in [9.17, 15) is 0 Å². The Labute approximate surface area is 170 Å². The molecule has 0 aliphatic rings. The van der Waals surface area contributed by atoms with E-state index in [2.05, 4.69) is 39.9 Å². The molecule has 0 saturated heterocycles. The first-order valence-electron chi connectivity index (χ1n) is 9.35. The van der Waals surface area contributed by atoms with Gasteiger partial charge in [-0.25, -0.2) is 0 Å². The fourth-order valence-electron chi connectivity index (χ4n) is 2.69. The fraction of sp³-hybridized carbons (Fsp3) is 0.238. The lowest BCUT2D eigenvalue weighted by Gasteiger charge is -2.05. The smallest absolute Gasteiger partial charge is 0.186 e. The fourth-order valence-corrected chi connectivity index (χ4v) is 2.84. The molecule has 7 heteroatoms. The van der Waals surface area contributed by atoms with Gasteiger partial charge in [0.25, 0.3) is 0 Å². The number of hydrazone groups is 1. The van der Waals surface area contributed by atoms with Gasteiger partial charge in [-0.1, -0.05) is 43.7 Å². The predicted molar refractivity (Wildman–Crippen MR) is 117 cm³/mol. The third-order valence-electron chi connectivity index (χ3n) is 4.10. The predicted octanol–water partition coefficient (Wildman–Crippen LogP) is 3.59. The van der Waals surface area contributed by atoms with Crippen molar-refractivity contribution in [3.63, 3.8) is 0 Å². The Morgan fingerprint density at radius 1 is 1.21 bits per heavy atom. The molecule has 2 aromatic heterocycles. The summed E-state index contributed by atoms with van der Waals surface area (Å²) in [5, 5.41) is 12.7. The molecule has 0 radical (unpaired) electrons. The number of benzene rings is 1. The van der Waals surface area contributed by atoms with Gasteiger partial charge in [0, 0.05) is 36.3 Å². The lowest BCUT2D eigenvalue weighted by atomic mass is 10.1. The second-order valence-corrected chi connectivity index (χ2v) is 6.75. The van der Waals surface area contributed by atoms with Crippen molar-refractivity contribution in [1.82, 2.24) is 25.5 Å². The van der Waals surface area contributed by atoms with Crippen LogP contribution in [0.4, 0.5) is 0 Å². The third-order valence-corrected chi connectivity index (χ3v) is 4.33. The molecule has 0 saturated carbocycles. The Hall–Kier alpha value is -3.06. The summed E-state index contributed by atoms with van der Waals surface area (Å²) >= 11 is 5.23. The lowest BCUT2D eigenvalue weighted by Crippen LogP contribution is -2.32. The van der Waals surface area contributed by atoms with Crippen molar-refractivity contribution in [3.8, 4) is 11.3 Å². The van der Waals surface area contributed by atoms with Crippen LogP contribution in [0.3, 0.4) is 0 Å². The quantitative estimate of drug-likeness (QED) is 0.265. The summed E-state index contributed by atoms with van der Waals surface area (Å²) in [5.41, 5.74) is 6.72. The van der Waals surface area contributed by atoms with E-state index in [0.29, 0.717) is 11.7 Å². The Balaban J connectivity index is 1.76. The molecular weight excluding hydrogens is 368 g/mol. The van der Waals surface area contributed by atoms with Crippen LogP contribution < -0.4 is 10.7 Å². The number of unbranched alkanes of at least 4 members (excludes halogenated alkanes) is 1. The molecule has 0 atom stereocenters. The highest BCUT2D eigenvalue weighted by atomic mass is 32.1. The van der Waals surface area contributed by atoms with Gasteiger partial charge in [-0.15, -0.1) is 0 Å². The van der Waals surface area contributed by atoms with E-state index in [-0.39, 0.29) is 0 Å². The molecule has 0 unspecified atom stereocenters. The molecule has 0 spiro atoms. The minimum Gasteiger partial charge on any atom is -0.361 e. The average molecular weight is 393 g/mol. The Bertz CT molecular complexity index is 905. The van der Waals surface area contributed by atoms with Gasteiger partial charge in [0.05, 0.1) is 12.8 Å². The number of pyridine rings is 1. The van der Waals surface area contributed by atoms with Crippen molar-refractivity contribution in [3.05, 3.63) is 72.2 Å². The van der Waals surface area contributed by atoms with Gasteiger partial charge in [-0.3, -0.25) is 15.1 Å². The second-order valence-electron chi connectivity index (χ2n) is 6.34. The molecule has 28 heavy (non-hydrogen) atoms. The van der Waals surface area contributed by atoms with Crippen LogP contribution in [0.15, 0.2) is 66.2 Å². The average Bonchev–Trinajstić information content (AvgIpc) is 3.12. The summed E-state index contributed by atoms with van der Waals surface area (Å²) in [6.45, 7) is 3.67. The molecular formula is C21H24N6S. The van der Waals surface area contributed by atoms with Crippen molar-refractivity contribution in [1.29, 1.82) is 0 Å². The van der Waals surface area contributed by atoms with E-state index < -0.39 is 0 Å². The number of aromatic nitrogens is 3. The minimum atomic E-state index is 0.518. The van der Waals surface area contributed by atoms with Gasteiger partial charge >= 0.3 is 0 Å². The number of thiocarbonyl (C=S) groups is 1. The molecule has 6 nitrogen and oxygen atoms in total. The number of nitrogens with zero attached hydrogens (tertiary/aromatic N) is 4. The van der Waals surface area contributed by atoms with Crippen LogP contribution >= 0.6 is 12.2 Å².